The Kier molecular flexibility index (Phi) is 7.08. The van der Waals surface area contributed by atoms with E-state index in [1.807, 2.05) is 50.4 Å². The van der Waals surface area contributed by atoms with Gasteiger partial charge in [0.15, 0.2) is 0 Å². The quantitative estimate of drug-likeness (QED) is 0.562. The number of amides is 2. The number of rotatable bonds is 7. The Balaban J connectivity index is 1.54. The molecule has 0 spiro atoms. The Morgan fingerprint density at radius 3 is 2.67 bits per heavy atom. The molecule has 0 atom stereocenters. The van der Waals surface area contributed by atoms with E-state index >= 15 is 0 Å². The summed E-state index contributed by atoms with van der Waals surface area (Å²) in [7, 11) is 0. The van der Waals surface area contributed by atoms with Crippen molar-refractivity contribution in [1.29, 1.82) is 0 Å². The normalized spacial score (nSPS) is 10.7. The van der Waals surface area contributed by atoms with E-state index in [0.717, 1.165) is 11.3 Å². The van der Waals surface area contributed by atoms with Crippen LogP contribution in [0, 0.1) is 5.92 Å². The standard InChI is InChI=1S/C22H23ClN4O3/c1-15(2)14-30-20-8-7-17(12-19(20)23)26-22(29)21(28)24-13-16-5-3-6-18(11-16)27-10-4-9-25-27/h3-12,15H,13-14H2,1-2H3,(H,24,28)(H,26,29). The zero-order chi connectivity index (χ0) is 21.5. The Hall–Kier alpha value is -3.32. The minimum absolute atomic E-state index is 0.212. The van der Waals surface area contributed by atoms with E-state index < -0.39 is 11.8 Å². The molecule has 2 N–H and O–H groups in total. The average Bonchev–Trinajstić information content (AvgIpc) is 3.26. The zero-order valence-electron chi connectivity index (χ0n) is 16.8. The molecule has 3 aromatic rings. The third-order valence-electron chi connectivity index (χ3n) is 4.10. The number of aromatic nitrogens is 2. The summed E-state index contributed by atoms with van der Waals surface area (Å²) in [5, 5.41) is 9.69. The lowest BCUT2D eigenvalue weighted by molar-refractivity contribution is -0.136. The van der Waals surface area contributed by atoms with Gasteiger partial charge in [-0.3, -0.25) is 9.59 Å². The molecule has 3 rings (SSSR count). The second kappa shape index (κ2) is 9.93. The first-order chi connectivity index (χ1) is 14.4. The van der Waals surface area contributed by atoms with Gasteiger partial charge in [-0.1, -0.05) is 37.6 Å². The fraction of sp³-hybridized carbons (Fsp3) is 0.227. The number of nitrogens with zero attached hydrogens (tertiary/aromatic N) is 2. The molecule has 0 bridgehead atoms. The number of carbonyl (C=O) groups is 2. The van der Waals surface area contributed by atoms with Gasteiger partial charge in [0.05, 0.1) is 17.3 Å². The van der Waals surface area contributed by atoms with Gasteiger partial charge in [-0.2, -0.15) is 5.10 Å². The average molecular weight is 427 g/mol. The second-order valence-electron chi connectivity index (χ2n) is 7.11. The summed E-state index contributed by atoms with van der Waals surface area (Å²) in [6, 6.07) is 14.2. The number of hydrogen-bond donors (Lipinski definition) is 2. The van der Waals surface area contributed by atoms with Crippen molar-refractivity contribution in [3.8, 4) is 11.4 Å². The summed E-state index contributed by atoms with van der Waals surface area (Å²) in [6.07, 6.45) is 3.52. The molecule has 0 radical (unpaired) electrons. The van der Waals surface area contributed by atoms with Gasteiger partial charge >= 0.3 is 11.8 Å². The summed E-state index contributed by atoms with van der Waals surface area (Å²) in [5.41, 5.74) is 2.13. The van der Waals surface area contributed by atoms with Gasteiger partial charge in [-0.25, -0.2) is 4.68 Å². The van der Waals surface area contributed by atoms with Crippen LogP contribution in [0.25, 0.3) is 5.69 Å². The van der Waals surface area contributed by atoms with E-state index in [-0.39, 0.29) is 6.54 Å². The third kappa shape index (κ3) is 5.84. The highest BCUT2D eigenvalue weighted by Crippen LogP contribution is 2.28. The van der Waals surface area contributed by atoms with E-state index in [0.29, 0.717) is 29.0 Å². The predicted octanol–water partition coefficient (Wildman–Crippen LogP) is 3.82. The maximum Gasteiger partial charge on any atom is 0.313 e. The van der Waals surface area contributed by atoms with Crippen LogP contribution >= 0.6 is 11.6 Å². The molecule has 0 fully saturated rings. The van der Waals surface area contributed by atoms with Crippen LogP contribution in [0.15, 0.2) is 60.9 Å². The minimum Gasteiger partial charge on any atom is -0.492 e. The molecule has 7 nitrogen and oxygen atoms in total. The number of benzene rings is 2. The molecule has 2 amide bonds. The monoisotopic (exact) mass is 426 g/mol. The van der Waals surface area contributed by atoms with Crippen LogP contribution in [0.1, 0.15) is 19.4 Å². The Morgan fingerprint density at radius 1 is 1.13 bits per heavy atom. The van der Waals surface area contributed by atoms with Gasteiger partial charge in [-0.05, 0) is 47.9 Å². The third-order valence-corrected chi connectivity index (χ3v) is 4.40. The molecule has 30 heavy (non-hydrogen) atoms. The number of halogens is 1. The molecule has 2 aromatic carbocycles. The molecule has 0 aliphatic carbocycles. The van der Waals surface area contributed by atoms with E-state index in [1.165, 1.54) is 0 Å². The molecule has 0 saturated heterocycles. The van der Waals surface area contributed by atoms with Crippen molar-refractivity contribution in [2.45, 2.75) is 20.4 Å². The first-order valence-corrected chi connectivity index (χ1v) is 9.90. The van der Waals surface area contributed by atoms with Crippen molar-refractivity contribution in [3.63, 3.8) is 0 Å². The molecule has 0 saturated carbocycles. The first-order valence-electron chi connectivity index (χ1n) is 9.53. The lowest BCUT2D eigenvalue weighted by Crippen LogP contribution is -2.34. The summed E-state index contributed by atoms with van der Waals surface area (Å²) in [5.74, 6) is -0.616. The smallest absolute Gasteiger partial charge is 0.313 e. The molecule has 0 aliphatic rings. The summed E-state index contributed by atoms with van der Waals surface area (Å²) in [6.45, 7) is 4.82. The van der Waals surface area contributed by atoms with Crippen molar-refractivity contribution < 1.29 is 14.3 Å². The van der Waals surface area contributed by atoms with Crippen LogP contribution in [0.2, 0.25) is 5.02 Å². The summed E-state index contributed by atoms with van der Waals surface area (Å²) in [4.78, 5) is 24.4. The van der Waals surface area contributed by atoms with E-state index in [4.69, 9.17) is 16.3 Å². The van der Waals surface area contributed by atoms with Crippen LogP contribution < -0.4 is 15.4 Å². The maximum atomic E-state index is 12.2. The Morgan fingerprint density at radius 2 is 1.97 bits per heavy atom. The fourth-order valence-electron chi connectivity index (χ4n) is 2.63. The van der Waals surface area contributed by atoms with E-state index in [2.05, 4.69) is 15.7 Å². The topological polar surface area (TPSA) is 85.2 Å². The fourth-order valence-corrected chi connectivity index (χ4v) is 2.87. The Bertz CT molecular complexity index is 1020. The number of hydrogen-bond acceptors (Lipinski definition) is 4. The van der Waals surface area contributed by atoms with E-state index in [9.17, 15) is 9.59 Å². The van der Waals surface area contributed by atoms with Crippen LogP contribution in [-0.4, -0.2) is 28.2 Å². The highest BCUT2D eigenvalue weighted by molar-refractivity contribution is 6.39. The largest absolute Gasteiger partial charge is 0.492 e. The number of anilines is 1. The summed E-state index contributed by atoms with van der Waals surface area (Å²) < 4.78 is 7.32. The molecule has 8 heteroatoms. The van der Waals surface area contributed by atoms with Crippen molar-refractivity contribution >= 4 is 29.1 Å². The first kappa shape index (κ1) is 21.4. The van der Waals surface area contributed by atoms with Crippen LogP contribution in [0.5, 0.6) is 5.75 Å². The number of nitrogens with one attached hydrogen (secondary N) is 2. The molecule has 1 heterocycles. The van der Waals surface area contributed by atoms with Gasteiger partial charge in [0, 0.05) is 24.6 Å². The van der Waals surface area contributed by atoms with Crippen molar-refractivity contribution in [1.82, 2.24) is 15.1 Å². The van der Waals surface area contributed by atoms with Gasteiger partial charge in [0.1, 0.15) is 5.75 Å². The molecule has 156 valence electrons. The second-order valence-corrected chi connectivity index (χ2v) is 7.51. The van der Waals surface area contributed by atoms with Crippen molar-refractivity contribution in [2.24, 2.45) is 5.92 Å². The molecular formula is C22H23ClN4O3. The highest BCUT2D eigenvalue weighted by atomic mass is 35.5. The highest BCUT2D eigenvalue weighted by Gasteiger charge is 2.14. The minimum atomic E-state index is -0.773. The predicted molar refractivity (Wildman–Crippen MR) is 116 cm³/mol. The summed E-state index contributed by atoms with van der Waals surface area (Å²) >= 11 is 6.19. The SMILES string of the molecule is CC(C)COc1ccc(NC(=O)C(=O)NCc2cccc(-n3cccn3)c2)cc1Cl. The number of carbonyl (C=O) groups excluding carboxylic acids is 2. The van der Waals surface area contributed by atoms with Gasteiger partial charge in [-0.15, -0.1) is 0 Å². The van der Waals surface area contributed by atoms with Gasteiger partial charge < -0.3 is 15.4 Å². The van der Waals surface area contributed by atoms with Crippen molar-refractivity contribution in [3.05, 3.63) is 71.5 Å². The molecule has 1 aromatic heterocycles. The van der Waals surface area contributed by atoms with Crippen LogP contribution in [0.3, 0.4) is 0 Å². The lowest BCUT2D eigenvalue weighted by Gasteiger charge is -2.12. The Labute approximate surface area is 180 Å². The molecular weight excluding hydrogens is 404 g/mol. The van der Waals surface area contributed by atoms with Gasteiger partial charge in [0.2, 0.25) is 0 Å². The van der Waals surface area contributed by atoms with Crippen molar-refractivity contribution in [2.75, 3.05) is 11.9 Å². The van der Waals surface area contributed by atoms with Crippen LogP contribution in [-0.2, 0) is 16.1 Å². The van der Waals surface area contributed by atoms with E-state index in [1.54, 1.807) is 29.1 Å². The molecule has 0 unspecified atom stereocenters. The lowest BCUT2D eigenvalue weighted by atomic mass is 10.2. The molecule has 0 aliphatic heterocycles. The number of ether oxygens (including phenoxy) is 1. The zero-order valence-corrected chi connectivity index (χ0v) is 17.5. The maximum absolute atomic E-state index is 12.2. The van der Waals surface area contributed by atoms with Crippen LogP contribution in [0.4, 0.5) is 5.69 Å². The van der Waals surface area contributed by atoms with Gasteiger partial charge in [0.25, 0.3) is 0 Å².